The van der Waals surface area contributed by atoms with Gasteiger partial charge in [0.2, 0.25) is 15.9 Å². The van der Waals surface area contributed by atoms with Crippen LogP contribution in [0.2, 0.25) is 5.02 Å². The predicted molar refractivity (Wildman–Crippen MR) is 99.1 cm³/mol. The Bertz CT molecular complexity index is 870. The first kappa shape index (κ1) is 18.8. The second kappa shape index (κ2) is 8.16. The van der Waals surface area contributed by atoms with Crippen molar-refractivity contribution in [1.82, 2.24) is 14.6 Å². The van der Waals surface area contributed by atoms with E-state index in [1.54, 1.807) is 24.5 Å². The molecular weight excluding hydrogens is 374 g/mol. The molecule has 1 aromatic heterocycles. The molecule has 0 saturated heterocycles. The van der Waals surface area contributed by atoms with Crippen molar-refractivity contribution in [2.24, 2.45) is 0 Å². The lowest BCUT2D eigenvalue weighted by atomic mass is 10.2. The van der Waals surface area contributed by atoms with Crippen LogP contribution < -0.4 is 4.72 Å². The Kier molecular flexibility index (Phi) is 5.90. The van der Waals surface area contributed by atoms with Crippen molar-refractivity contribution in [2.45, 2.75) is 36.7 Å². The van der Waals surface area contributed by atoms with Crippen LogP contribution in [0.25, 0.3) is 0 Å². The number of sulfonamides is 1. The first-order chi connectivity index (χ1) is 12.5. The van der Waals surface area contributed by atoms with Crippen molar-refractivity contribution in [3.8, 4) is 0 Å². The molecule has 1 saturated carbocycles. The van der Waals surface area contributed by atoms with Crippen LogP contribution in [0.5, 0.6) is 0 Å². The minimum atomic E-state index is -3.68. The van der Waals surface area contributed by atoms with Gasteiger partial charge in [0.1, 0.15) is 0 Å². The third-order valence-electron chi connectivity index (χ3n) is 4.12. The Morgan fingerprint density at radius 3 is 2.73 bits per heavy atom. The molecule has 1 heterocycles. The van der Waals surface area contributed by atoms with E-state index in [4.69, 9.17) is 11.6 Å². The smallest absolute Gasteiger partial charge is 0.240 e. The highest BCUT2D eigenvalue weighted by Gasteiger charge is 2.32. The summed E-state index contributed by atoms with van der Waals surface area (Å²) in [6.07, 6.45) is 5.51. The van der Waals surface area contributed by atoms with Crippen LogP contribution in [-0.2, 0) is 21.4 Å². The molecule has 0 spiro atoms. The van der Waals surface area contributed by atoms with Crippen molar-refractivity contribution < 1.29 is 13.2 Å². The standard InChI is InChI=1S/C18H20ClN3O3S/c19-15-4-1-5-17(11-15)26(24,25)21-10-8-18(23)22(16-6-7-16)13-14-3-2-9-20-12-14/h1-5,9,11-12,16,21H,6-8,10,13H2. The summed E-state index contributed by atoms with van der Waals surface area (Å²) in [5, 5.41) is 0.348. The normalized spacial score (nSPS) is 14.2. The van der Waals surface area contributed by atoms with E-state index in [-0.39, 0.29) is 29.8 Å². The van der Waals surface area contributed by atoms with E-state index in [2.05, 4.69) is 9.71 Å². The van der Waals surface area contributed by atoms with Gasteiger partial charge < -0.3 is 4.90 Å². The van der Waals surface area contributed by atoms with Crippen LogP contribution in [0.1, 0.15) is 24.8 Å². The van der Waals surface area contributed by atoms with E-state index < -0.39 is 10.0 Å². The quantitative estimate of drug-likeness (QED) is 0.747. The molecule has 1 fully saturated rings. The van der Waals surface area contributed by atoms with Crippen LogP contribution >= 0.6 is 11.6 Å². The Hall–Kier alpha value is -1.96. The lowest BCUT2D eigenvalue weighted by molar-refractivity contribution is -0.132. The molecular formula is C18H20ClN3O3S. The average molecular weight is 394 g/mol. The fourth-order valence-corrected chi connectivity index (χ4v) is 3.98. The molecule has 1 amide bonds. The molecule has 1 N–H and O–H groups in total. The van der Waals surface area contributed by atoms with Gasteiger partial charge in [-0.1, -0.05) is 23.7 Å². The molecule has 0 aliphatic heterocycles. The van der Waals surface area contributed by atoms with Crippen LogP contribution in [0.15, 0.2) is 53.7 Å². The van der Waals surface area contributed by atoms with Gasteiger partial charge in [0, 0.05) is 43.0 Å². The van der Waals surface area contributed by atoms with E-state index in [0.29, 0.717) is 11.6 Å². The largest absolute Gasteiger partial charge is 0.335 e. The zero-order chi connectivity index (χ0) is 18.6. The summed E-state index contributed by atoms with van der Waals surface area (Å²) in [5.41, 5.74) is 0.965. The lowest BCUT2D eigenvalue weighted by Gasteiger charge is -2.22. The number of hydrogen-bond donors (Lipinski definition) is 1. The average Bonchev–Trinajstić information content (AvgIpc) is 3.45. The van der Waals surface area contributed by atoms with Gasteiger partial charge in [0.05, 0.1) is 4.90 Å². The highest BCUT2D eigenvalue weighted by Crippen LogP contribution is 2.28. The number of pyridine rings is 1. The van der Waals surface area contributed by atoms with Gasteiger partial charge >= 0.3 is 0 Å². The zero-order valence-electron chi connectivity index (χ0n) is 14.1. The van der Waals surface area contributed by atoms with E-state index in [0.717, 1.165) is 18.4 Å². The number of aromatic nitrogens is 1. The number of amides is 1. The molecule has 0 atom stereocenters. The van der Waals surface area contributed by atoms with Crippen LogP contribution in [-0.4, -0.2) is 36.8 Å². The molecule has 3 rings (SSSR count). The molecule has 2 aromatic rings. The SMILES string of the molecule is O=C(CCNS(=O)(=O)c1cccc(Cl)c1)N(Cc1cccnc1)C1CC1. The van der Waals surface area contributed by atoms with E-state index >= 15 is 0 Å². The van der Waals surface area contributed by atoms with Crippen molar-refractivity contribution in [3.05, 3.63) is 59.4 Å². The van der Waals surface area contributed by atoms with E-state index in [9.17, 15) is 13.2 Å². The number of hydrogen-bond acceptors (Lipinski definition) is 4. The maximum Gasteiger partial charge on any atom is 0.240 e. The number of nitrogens with one attached hydrogen (secondary N) is 1. The van der Waals surface area contributed by atoms with Crippen molar-refractivity contribution in [2.75, 3.05) is 6.54 Å². The highest BCUT2D eigenvalue weighted by atomic mass is 35.5. The van der Waals surface area contributed by atoms with Gasteiger partial charge in [-0.05, 0) is 42.7 Å². The summed E-state index contributed by atoms with van der Waals surface area (Å²) >= 11 is 5.84. The third kappa shape index (κ3) is 5.03. The highest BCUT2D eigenvalue weighted by molar-refractivity contribution is 7.89. The van der Waals surface area contributed by atoms with Crippen LogP contribution in [0.3, 0.4) is 0 Å². The van der Waals surface area contributed by atoms with Crippen LogP contribution in [0, 0.1) is 0 Å². The number of halogens is 1. The monoisotopic (exact) mass is 393 g/mol. The molecule has 138 valence electrons. The van der Waals surface area contributed by atoms with E-state index in [1.807, 2.05) is 17.0 Å². The number of carbonyl (C=O) groups is 1. The Morgan fingerprint density at radius 1 is 1.27 bits per heavy atom. The molecule has 0 unspecified atom stereocenters. The number of carbonyl (C=O) groups excluding carboxylic acids is 1. The first-order valence-electron chi connectivity index (χ1n) is 8.39. The van der Waals surface area contributed by atoms with Gasteiger partial charge in [-0.2, -0.15) is 0 Å². The molecule has 8 heteroatoms. The molecule has 0 bridgehead atoms. The second-order valence-corrected chi connectivity index (χ2v) is 8.42. The molecule has 6 nitrogen and oxygen atoms in total. The lowest BCUT2D eigenvalue weighted by Crippen LogP contribution is -2.35. The summed E-state index contributed by atoms with van der Waals surface area (Å²) in [4.78, 5) is 18.5. The van der Waals surface area contributed by atoms with Gasteiger partial charge in [-0.15, -0.1) is 0 Å². The van der Waals surface area contributed by atoms with Crippen molar-refractivity contribution in [3.63, 3.8) is 0 Å². The summed E-state index contributed by atoms with van der Waals surface area (Å²) in [6.45, 7) is 0.544. The predicted octanol–water partition coefficient (Wildman–Crippen LogP) is 2.59. The topological polar surface area (TPSA) is 79.4 Å². The molecule has 1 aromatic carbocycles. The first-order valence-corrected chi connectivity index (χ1v) is 10.3. The molecule has 0 radical (unpaired) electrons. The maximum atomic E-state index is 12.6. The zero-order valence-corrected chi connectivity index (χ0v) is 15.7. The summed E-state index contributed by atoms with van der Waals surface area (Å²) < 4.78 is 27.0. The molecule has 1 aliphatic rings. The van der Waals surface area contributed by atoms with Gasteiger partial charge in [-0.3, -0.25) is 9.78 Å². The number of nitrogens with zero attached hydrogens (tertiary/aromatic N) is 2. The second-order valence-electron chi connectivity index (χ2n) is 6.22. The van der Waals surface area contributed by atoms with Crippen LogP contribution in [0.4, 0.5) is 0 Å². The summed E-state index contributed by atoms with van der Waals surface area (Å²) in [6, 6.07) is 10.0. The molecule has 1 aliphatic carbocycles. The fraction of sp³-hybridized carbons (Fsp3) is 0.333. The summed E-state index contributed by atoms with van der Waals surface area (Å²) in [7, 11) is -3.68. The van der Waals surface area contributed by atoms with Gasteiger partial charge in [0.15, 0.2) is 0 Å². The van der Waals surface area contributed by atoms with Gasteiger partial charge in [-0.25, -0.2) is 13.1 Å². The number of rotatable bonds is 8. The minimum Gasteiger partial charge on any atom is -0.335 e. The van der Waals surface area contributed by atoms with Gasteiger partial charge in [0.25, 0.3) is 0 Å². The Balaban J connectivity index is 1.57. The molecule has 26 heavy (non-hydrogen) atoms. The summed E-state index contributed by atoms with van der Waals surface area (Å²) in [5.74, 6) is -0.0647. The van der Waals surface area contributed by atoms with E-state index in [1.165, 1.54) is 12.1 Å². The fourth-order valence-electron chi connectivity index (χ4n) is 2.65. The number of benzene rings is 1. The Labute approximate surface area is 158 Å². The van der Waals surface area contributed by atoms with Crippen molar-refractivity contribution >= 4 is 27.5 Å². The minimum absolute atomic E-state index is 0.0456. The Morgan fingerprint density at radius 2 is 2.08 bits per heavy atom. The van der Waals surface area contributed by atoms with Crippen molar-refractivity contribution in [1.29, 1.82) is 0 Å². The maximum absolute atomic E-state index is 12.6. The third-order valence-corrected chi connectivity index (χ3v) is 5.81.